The smallest absolute Gasteiger partial charge is 0.255 e. The summed E-state index contributed by atoms with van der Waals surface area (Å²) >= 11 is 0. The van der Waals surface area contributed by atoms with Gasteiger partial charge in [0.25, 0.3) is 5.91 Å². The van der Waals surface area contributed by atoms with Crippen LogP contribution in [0.4, 0.5) is 0 Å². The maximum Gasteiger partial charge on any atom is 0.255 e. The number of fused-ring (bicyclic) bond motifs is 7. The van der Waals surface area contributed by atoms with Crippen molar-refractivity contribution in [3.8, 4) is 0 Å². The van der Waals surface area contributed by atoms with E-state index in [1.54, 1.807) is 4.90 Å². The number of rotatable bonds is 2. The summed E-state index contributed by atoms with van der Waals surface area (Å²) in [5.74, 6) is 1.35. The molecule has 2 amide bonds. The van der Waals surface area contributed by atoms with Crippen molar-refractivity contribution >= 4 is 11.8 Å². The molecule has 3 fully saturated rings. The third-order valence-electron chi connectivity index (χ3n) is 8.61. The molecule has 5 aliphatic rings. The minimum atomic E-state index is -0.414. The molecule has 31 heavy (non-hydrogen) atoms. The molecule has 164 valence electrons. The fourth-order valence-electron chi connectivity index (χ4n) is 7.18. The number of benzene rings is 1. The largest absolute Gasteiger partial charge is 0.334 e. The van der Waals surface area contributed by atoms with E-state index in [4.69, 9.17) is 0 Å². The van der Waals surface area contributed by atoms with Crippen molar-refractivity contribution in [3.05, 3.63) is 47.0 Å². The van der Waals surface area contributed by atoms with Gasteiger partial charge in [-0.1, -0.05) is 36.3 Å². The van der Waals surface area contributed by atoms with Crippen LogP contribution in [-0.4, -0.2) is 64.3 Å². The predicted molar refractivity (Wildman–Crippen MR) is 119 cm³/mol. The molecule has 5 heteroatoms. The molecular formula is C26H33N3O2. The van der Waals surface area contributed by atoms with Gasteiger partial charge in [-0.05, 0) is 69.0 Å². The van der Waals surface area contributed by atoms with Gasteiger partial charge in [-0.25, -0.2) is 0 Å². The quantitative estimate of drug-likeness (QED) is 0.690. The minimum absolute atomic E-state index is 0.00163. The van der Waals surface area contributed by atoms with Gasteiger partial charge in [0.05, 0.1) is 6.04 Å². The number of carbonyl (C=O) groups excluding carboxylic acids is 2. The highest BCUT2D eigenvalue weighted by atomic mass is 16.2. The van der Waals surface area contributed by atoms with Crippen molar-refractivity contribution < 1.29 is 9.59 Å². The fraction of sp³-hybridized carbons (Fsp3) is 0.615. The van der Waals surface area contributed by atoms with Crippen LogP contribution in [0.5, 0.6) is 0 Å². The summed E-state index contributed by atoms with van der Waals surface area (Å²) in [5.41, 5.74) is 3.30. The molecule has 0 unspecified atom stereocenters. The highest BCUT2D eigenvalue weighted by molar-refractivity contribution is 6.01. The Morgan fingerprint density at radius 2 is 2.00 bits per heavy atom. The number of hydrogen-bond donors (Lipinski definition) is 0. The number of hydrogen-bond acceptors (Lipinski definition) is 3. The van der Waals surface area contributed by atoms with Gasteiger partial charge < -0.3 is 9.80 Å². The summed E-state index contributed by atoms with van der Waals surface area (Å²) in [6.07, 6.45) is 9.98. The lowest BCUT2D eigenvalue weighted by molar-refractivity contribution is -0.140. The van der Waals surface area contributed by atoms with Crippen molar-refractivity contribution in [3.63, 3.8) is 0 Å². The summed E-state index contributed by atoms with van der Waals surface area (Å²) in [6, 6.07) is 8.32. The van der Waals surface area contributed by atoms with E-state index in [9.17, 15) is 9.59 Å². The Labute approximate surface area is 185 Å². The standard InChI is InChI=1S/C26H33N3O2/c1-17(29-16-19-7-2-3-9-22(19)26(29)31)25(30)28-12-6-8-18-13-20-14-21(24(18)28)15-27-11-5-4-10-23(20)27/h2-3,7,9,13,17,20-21,23-24H,4-6,8,10-12,14-16H2,1H3/t17-,20+,21-,23+,24+/m0/s1. The third-order valence-corrected chi connectivity index (χ3v) is 8.61. The zero-order chi connectivity index (χ0) is 21.1. The van der Waals surface area contributed by atoms with Crippen LogP contribution < -0.4 is 0 Å². The van der Waals surface area contributed by atoms with Crippen molar-refractivity contribution in [2.24, 2.45) is 11.8 Å². The molecule has 0 N–H and O–H groups in total. The molecule has 5 nitrogen and oxygen atoms in total. The molecule has 6 rings (SSSR count). The lowest BCUT2D eigenvalue weighted by Crippen LogP contribution is -2.61. The summed E-state index contributed by atoms with van der Waals surface area (Å²) in [5, 5.41) is 0. The Hall–Kier alpha value is -2.14. The lowest BCUT2D eigenvalue weighted by Gasteiger charge is -2.55. The van der Waals surface area contributed by atoms with E-state index in [0.29, 0.717) is 18.4 Å². The summed E-state index contributed by atoms with van der Waals surface area (Å²) in [7, 11) is 0. The van der Waals surface area contributed by atoms with Gasteiger partial charge in [-0.2, -0.15) is 0 Å². The van der Waals surface area contributed by atoms with Gasteiger partial charge in [0, 0.05) is 31.2 Å². The van der Waals surface area contributed by atoms with Crippen LogP contribution >= 0.6 is 0 Å². The SMILES string of the molecule is C[C@@H](C(=O)N1CCCC2=C[C@@H]3C[C@@H](CN4CCCC[C@H]34)[C@@H]21)N1Cc2ccccc2C1=O. The predicted octanol–water partition coefficient (Wildman–Crippen LogP) is 3.45. The van der Waals surface area contributed by atoms with E-state index in [1.807, 2.05) is 31.2 Å². The van der Waals surface area contributed by atoms with Gasteiger partial charge in [-0.15, -0.1) is 0 Å². The topological polar surface area (TPSA) is 43.9 Å². The molecule has 1 aromatic rings. The molecular weight excluding hydrogens is 386 g/mol. The first-order valence-corrected chi connectivity index (χ1v) is 12.3. The fourth-order valence-corrected chi connectivity index (χ4v) is 7.18. The normalized spacial score (nSPS) is 33.3. The first kappa shape index (κ1) is 19.5. The van der Waals surface area contributed by atoms with E-state index >= 15 is 0 Å². The molecule has 4 heterocycles. The van der Waals surface area contributed by atoms with Gasteiger partial charge in [0.15, 0.2) is 0 Å². The van der Waals surface area contributed by atoms with Crippen LogP contribution in [0.15, 0.2) is 35.9 Å². The Balaban J connectivity index is 1.25. The molecule has 0 saturated carbocycles. The van der Waals surface area contributed by atoms with E-state index in [1.165, 1.54) is 37.8 Å². The van der Waals surface area contributed by atoms with Crippen molar-refractivity contribution in [2.75, 3.05) is 19.6 Å². The average molecular weight is 420 g/mol. The monoisotopic (exact) mass is 419 g/mol. The minimum Gasteiger partial charge on any atom is -0.334 e. The number of nitrogens with zero attached hydrogens (tertiary/aromatic N) is 3. The highest BCUT2D eigenvalue weighted by Gasteiger charge is 2.48. The summed E-state index contributed by atoms with van der Waals surface area (Å²) < 4.78 is 0. The second kappa shape index (κ2) is 7.47. The first-order chi connectivity index (χ1) is 15.1. The molecule has 0 aromatic heterocycles. The molecule has 3 saturated heterocycles. The number of piperidine rings is 3. The van der Waals surface area contributed by atoms with Crippen LogP contribution in [0.1, 0.15) is 61.4 Å². The Bertz CT molecular complexity index is 940. The number of likely N-dealkylation sites (tertiary alicyclic amines) is 1. The summed E-state index contributed by atoms with van der Waals surface area (Å²) in [4.78, 5) is 33.4. The molecule has 0 spiro atoms. The zero-order valence-electron chi connectivity index (χ0n) is 18.5. The number of carbonyl (C=O) groups is 2. The van der Waals surface area contributed by atoms with Crippen LogP contribution in [0, 0.1) is 11.8 Å². The van der Waals surface area contributed by atoms with Crippen molar-refractivity contribution in [1.29, 1.82) is 0 Å². The van der Waals surface area contributed by atoms with Crippen molar-refractivity contribution in [2.45, 2.75) is 70.1 Å². The van der Waals surface area contributed by atoms with Crippen LogP contribution in [-0.2, 0) is 11.3 Å². The Morgan fingerprint density at radius 1 is 1.13 bits per heavy atom. The Morgan fingerprint density at radius 3 is 2.87 bits per heavy atom. The van der Waals surface area contributed by atoms with Crippen LogP contribution in [0.3, 0.4) is 0 Å². The van der Waals surface area contributed by atoms with E-state index < -0.39 is 6.04 Å². The molecule has 5 atom stereocenters. The average Bonchev–Trinajstić information content (AvgIpc) is 3.14. The van der Waals surface area contributed by atoms with Crippen LogP contribution in [0.2, 0.25) is 0 Å². The second-order valence-corrected chi connectivity index (χ2v) is 10.3. The molecule has 1 aliphatic carbocycles. The van der Waals surface area contributed by atoms with Gasteiger partial charge in [0.2, 0.25) is 5.91 Å². The van der Waals surface area contributed by atoms with E-state index in [2.05, 4.69) is 15.9 Å². The zero-order valence-corrected chi connectivity index (χ0v) is 18.5. The van der Waals surface area contributed by atoms with E-state index in [-0.39, 0.29) is 17.9 Å². The van der Waals surface area contributed by atoms with Gasteiger partial charge >= 0.3 is 0 Å². The Kier molecular flexibility index (Phi) is 4.71. The van der Waals surface area contributed by atoms with Crippen LogP contribution in [0.25, 0.3) is 0 Å². The second-order valence-electron chi connectivity index (χ2n) is 10.3. The molecule has 2 bridgehead atoms. The molecule has 4 aliphatic heterocycles. The van der Waals surface area contributed by atoms with E-state index in [0.717, 1.165) is 43.1 Å². The maximum atomic E-state index is 13.8. The molecule has 1 aromatic carbocycles. The van der Waals surface area contributed by atoms with Crippen molar-refractivity contribution in [1.82, 2.24) is 14.7 Å². The van der Waals surface area contributed by atoms with Gasteiger partial charge in [0.1, 0.15) is 6.04 Å². The third kappa shape index (κ3) is 3.07. The maximum absolute atomic E-state index is 13.8. The first-order valence-electron chi connectivity index (χ1n) is 12.3. The summed E-state index contributed by atoms with van der Waals surface area (Å²) in [6.45, 7) is 5.65. The molecule has 0 radical (unpaired) electrons. The van der Waals surface area contributed by atoms with Gasteiger partial charge in [-0.3, -0.25) is 14.5 Å². The number of amides is 2. The lowest BCUT2D eigenvalue weighted by atomic mass is 9.68. The highest BCUT2D eigenvalue weighted by Crippen LogP contribution is 2.45.